The van der Waals surface area contributed by atoms with Crippen LogP contribution in [-0.2, 0) is 20.6 Å². The van der Waals surface area contributed by atoms with Crippen LogP contribution in [0.15, 0.2) is 303 Å². The van der Waals surface area contributed by atoms with Gasteiger partial charge in [0.15, 0.2) is 0 Å². The monoisotopic (exact) mass is 990 g/mol. The molecule has 0 aliphatic carbocycles. The molecule has 1 aliphatic heterocycles. The molecule has 0 aromatic heterocycles. The SMILES string of the molecule is c1ccc([Si]2(c3ccccc3)O[Si](c3ccccc3)(c3ccccc3)O[Si](c3ccccc3)(c3ccccc3)O[Si](c3ccccc3)(c3ccccc3)O[Si](c3ccccc3)(c3ccccc3)O2)cc1. The van der Waals surface area contributed by atoms with Gasteiger partial charge in [0.05, 0.1) is 0 Å². The summed E-state index contributed by atoms with van der Waals surface area (Å²) >= 11 is 0. The second kappa shape index (κ2) is 19.8. The molecule has 340 valence electrons. The Bertz CT molecular complexity index is 2490. The molecule has 1 heterocycles. The molecule has 0 amide bonds. The molecule has 0 bridgehead atoms. The molecule has 10 aromatic carbocycles. The highest BCUT2D eigenvalue weighted by atomic mass is 28.5. The van der Waals surface area contributed by atoms with E-state index >= 15 is 0 Å². The van der Waals surface area contributed by atoms with Gasteiger partial charge in [-0.05, 0) is 51.9 Å². The van der Waals surface area contributed by atoms with E-state index in [9.17, 15) is 0 Å². The molecule has 0 saturated carbocycles. The fourth-order valence-electron chi connectivity index (χ4n) is 9.70. The standard InChI is InChI=1S/C60H50O5Si5/c1-11-31-51(32-12-1)66(52-33-13-2-14-34-52)61-67(53-35-15-3-16-36-53,54-37-17-4-18-38-54)63-69(57-43-23-7-24-44-57,58-45-25-8-26-46-58)65-70(59-47-27-9-28-48-59,60-49-29-10-30-50-60)64-68(62-66,55-39-19-5-20-40-55)56-41-21-6-22-42-56/h1-50H. The average Bonchev–Trinajstić information content (AvgIpc) is 3.46. The summed E-state index contributed by atoms with van der Waals surface area (Å²) in [4.78, 5) is 0. The van der Waals surface area contributed by atoms with Crippen LogP contribution in [0.5, 0.6) is 0 Å². The molecule has 1 aliphatic rings. The molecule has 1 saturated heterocycles. The van der Waals surface area contributed by atoms with Crippen molar-refractivity contribution >= 4 is 94.7 Å². The Morgan fingerprint density at radius 2 is 0.214 bits per heavy atom. The summed E-state index contributed by atoms with van der Waals surface area (Å²) in [5.74, 6) is 0. The van der Waals surface area contributed by atoms with Crippen molar-refractivity contribution in [2.45, 2.75) is 0 Å². The van der Waals surface area contributed by atoms with Crippen LogP contribution >= 0.6 is 0 Å². The van der Waals surface area contributed by atoms with Gasteiger partial charge in [-0.25, -0.2) is 0 Å². The zero-order valence-electron chi connectivity index (χ0n) is 38.4. The molecule has 0 radical (unpaired) electrons. The lowest BCUT2D eigenvalue weighted by Crippen LogP contribution is -2.88. The summed E-state index contributed by atoms with van der Waals surface area (Å²) in [5.41, 5.74) is 0. The van der Waals surface area contributed by atoms with Crippen molar-refractivity contribution < 1.29 is 20.6 Å². The van der Waals surface area contributed by atoms with Gasteiger partial charge in [-0.15, -0.1) is 0 Å². The first-order chi connectivity index (χ1) is 34.6. The van der Waals surface area contributed by atoms with Gasteiger partial charge in [-0.3, -0.25) is 0 Å². The highest BCUT2D eigenvalue weighted by molar-refractivity contribution is 7.16. The normalized spacial score (nSPS) is 16.9. The topological polar surface area (TPSA) is 46.2 Å². The highest BCUT2D eigenvalue weighted by Crippen LogP contribution is 2.33. The summed E-state index contributed by atoms with van der Waals surface area (Å²) in [6.07, 6.45) is 0. The second-order valence-electron chi connectivity index (χ2n) is 17.3. The predicted molar refractivity (Wildman–Crippen MR) is 295 cm³/mol. The van der Waals surface area contributed by atoms with Crippen molar-refractivity contribution in [1.29, 1.82) is 0 Å². The maximum absolute atomic E-state index is 8.78. The molecule has 1 fully saturated rings. The third-order valence-electron chi connectivity index (χ3n) is 13.0. The number of hydrogen-bond acceptors (Lipinski definition) is 5. The van der Waals surface area contributed by atoms with Gasteiger partial charge >= 0.3 is 42.8 Å². The van der Waals surface area contributed by atoms with E-state index in [1.54, 1.807) is 0 Å². The maximum Gasteiger partial charge on any atom is 0.390 e. The molecule has 5 nitrogen and oxygen atoms in total. The van der Waals surface area contributed by atoms with E-state index in [0.717, 1.165) is 51.9 Å². The smallest absolute Gasteiger partial charge is 0.390 e. The minimum atomic E-state index is -4.24. The van der Waals surface area contributed by atoms with Crippen LogP contribution in [0.3, 0.4) is 0 Å². The summed E-state index contributed by atoms with van der Waals surface area (Å²) < 4.78 is 43.9. The largest absolute Gasteiger partial charge is 0.402 e. The van der Waals surface area contributed by atoms with Crippen LogP contribution in [0, 0.1) is 0 Å². The number of hydrogen-bond donors (Lipinski definition) is 0. The summed E-state index contributed by atoms with van der Waals surface area (Å²) in [7, 11) is -21.2. The van der Waals surface area contributed by atoms with Crippen LogP contribution in [-0.4, -0.2) is 42.8 Å². The van der Waals surface area contributed by atoms with Crippen molar-refractivity contribution in [2.75, 3.05) is 0 Å². The van der Waals surface area contributed by atoms with E-state index < -0.39 is 42.8 Å². The van der Waals surface area contributed by atoms with Crippen LogP contribution in [0.1, 0.15) is 0 Å². The van der Waals surface area contributed by atoms with E-state index in [2.05, 4.69) is 303 Å². The quantitative estimate of drug-likeness (QED) is 0.149. The molecule has 0 atom stereocenters. The van der Waals surface area contributed by atoms with Crippen LogP contribution in [0.2, 0.25) is 0 Å². The summed E-state index contributed by atoms with van der Waals surface area (Å²) in [6, 6.07) is 106. The third-order valence-corrected chi connectivity index (χ3v) is 35.4. The van der Waals surface area contributed by atoms with Gasteiger partial charge in [0, 0.05) is 0 Å². The second-order valence-corrected chi connectivity index (χ2v) is 33.3. The van der Waals surface area contributed by atoms with E-state index in [1.165, 1.54) is 0 Å². The van der Waals surface area contributed by atoms with E-state index in [4.69, 9.17) is 20.6 Å². The minimum absolute atomic E-state index is 0.917. The molecule has 0 spiro atoms. The molecule has 0 unspecified atom stereocenters. The van der Waals surface area contributed by atoms with Crippen molar-refractivity contribution in [3.05, 3.63) is 303 Å². The van der Waals surface area contributed by atoms with Crippen LogP contribution < -0.4 is 51.9 Å². The maximum atomic E-state index is 8.78. The first-order valence-corrected chi connectivity index (χ1v) is 32.7. The van der Waals surface area contributed by atoms with Crippen molar-refractivity contribution in [2.24, 2.45) is 0 Å². The van der Waals surface area contributed by atoms with Crippen molar-refractivity contribution in [3.63, 3.8) is 0 Å². The lowest BCUT2D eigenvalue weighted by Gasteiger charge is -2.53. The Balaban J connectivity index is 1.42. The van der Waals surface area contributed by atoms with Crippen molar-refractivity contribution in [3.8, 4) is 0 Å². The van der Waals surface area contributed by atoms with Gasteiger partial charge in [-0.2, -0.15) is 0 Å². The van der Waals surface area contributed by atoms with E-state index in [1.807, 2.05) is 0 Å². The molecule has 10 aromatic rings. The molecule has 0 N–H and O–H groups in total. The van der Waals surface area contributed by atoms with Crippen LogP contribution in [0.25, 0.3) is 0 Å². The summed E-state index contributed by atoms with van der Waals surface area (Å²) in [6.45, 7) is 0. The predicted octanol–water partition coefficient (Wildman–Crippen LogP) is 6.37. The lowest BCUT2D eigenvalue weighted by atomic mass is 10.4. The average molecular weight is 991 g/mol. The van der Waals surface area contributed by atoms with E-state index in [0.29, 0.717) is 0 Å². The van der Waals surface area contributed by atoms with Gasteiger partial charge < -0.3 is 20.6 Å². The molecule has 11 rings (SSSR count). The first-order valence-electron chi connectivity index (χ1n) is 23.6. The molecular formula is C60H50O5Si5. The third kappa shape index (κ3) is 8.29. The number of rotatable bonds is 10. The molecular weight excluding hydrogens is 941 g/mol. The lowest BCUT2D eigenvalue weighted by molar-refractivity contribution is 0.269. The Morgan fingerprint density at radius 1 is 0.129 bits per heavy atom. The fraction of sp³-hybridized carbons (Fsp3) is 0. The number of benzene rings is 10. The molecule has 10 heteroatoms. The summed E-state index contributed by atoms with van der Waals surface area (Å²) in [5, 5.41) is 9.17. The Morgan fingerprint density at radius 3 is 0.300 bits per heavy atom. The Kier molecular flexibility index (Phi) is 12.9. The molecule has 70 heavy (non-hydrogen) atoms. The van der Waals surface area contributed by atoms with Gasteiger partial charge in [-0.1, -0.05) is 303 Å². The fourth-order valence-corrected chi connectivity index (χ4v) is 37.9. The van der Waals surface area contributed by atoms with Gasteiger partial charge in [0.25, 0.3) is 0 Å². The Labute approximate surface area is 416 Å². The van der Waals surface area contributed by atoms with Crippen molar-refractivity contribution in [1.82, 2.24) is 0 Å². The first kappa shape index (κ1) is 45.5. The van der Waals surface area contributed by atoms with E-state index in [-0.39, 0.29) is 0 Å². The van der Waals surface area contributed by atoms with Crippen LogP contribution in [0.4, 0.5) is 0 Å². The zero-order valence-corrected chi connectivity index (χ0v) is 43.4. The zero-order chi connectivity index (χ0) is 47.2. The minimum Gasteiger partial charge on any atom is -0.402 e. The van der Waals surface area contributed by atoms with Gasteiger partial charge in [0.1, 0.15) is 0 Å². The highest BCUT2D eigenvalue weighted by Gasteiger charge is 2.68. The van der Waals surface area contributed by atoms with Gasteiger partial charge in [0.2, 0.25) is 0 Å². The Hall–Kier alpha value is -6.92.